The number of ether oxygens (including phenoxy) is 3. The second-order valence-corrected chi connectivity index (χ2v) is 7.83. The Bertz CT molecular complexity index is 927. The van der Waals surface area contributed by atoms with Crippen molar-refractivity contribution in [2.45, 2.75) is 26.0 Å². The lowest BCUT2D eigenvalue weighted by Gasteiger charge is -2.39. The van der Waals surface area contributed by atoms with Gasteiger partial charge in [0, 0.05) is 13.1 Å². The number of rotatable bonds is 5. The average Bonchev–Trinajstić information content (AvgIpc) is 2.79. The molecule has 3 aliphatic heterocycles. The van der Waals surface area contributed by atoms with Gasteiger partial charge in [-0.1, -0.05) is 12.1 Å². The van der Waals surface area contributed by atoms with Crippen LogP contribution in [0, 0.1) is 0 Å². The van der Waals surface area contributed by atoms with Crippen molar-refractivity contribution in [3.05, 3.63) is 35.5 Å². The van der Waals surface area contributed by atoms with Crippen molar-refractivity contribution in [2.24, 2.45) is 0 Å². The van der Waals surface area contributed by atoms with Crippen LogP contribution in [0.25, 0.3) is 0 Å². The molecule has 2 atom stereocenters. The number of urea groups is 1. The van der Waals surface area contributed by atoms with Crippen LogP contribution in [0.5, 0.6) is 5.75 Å². The van der Waals surface area contributed by atoms with Crippen LogP contribution in [0.15, 0.2) is 35.5 Å². The van der Waals surface area contributed by atoms with Crippen LogP contribution >= 0.6 is 0 Å². The van der Waals surface area contributed by atoms with Crippen LogP contribution in [0.2, 0.25) is 0 Å². The lowest BCUT2D eigenvalue weighted by atomic mass is 10.0. The van der Waals surface area contributed by atoms with E-state index < -0.39 is 18.1 Å². The van der Waals surface area contributed by atoms with Crippen LogP contribution in [-0.2, 0) is 19.1 Å². The van der Waals surface area contributed by atoms with Gasteiger partial charge in [-0.25, -0.2) is 9.59 Å². The molecular formula is C22H28N4O6. The second kappa shape index (κ2) is 9.47. The zero-order valence-corrected chi connectivity index (χ0v) is 18.3. The van der Waals surface area contributed by atoms with Gasteiger partial charge in [0.2, 0.25) is 0 Å². The standard InChI is InChI=1S/C22H28N4O6/c1-3-31-21(28)19-14(2)23-22(29)24-15(19)12-26-13-18(20(27)25-8-10-30-11-9-25)32-17-7-5-4-6-16(17)26/h4-7,14,18H,3,8-13H2,1-2H3,(H2,23,24,29)/t14-,18+/m1/s1. The number of anilines is 1. The van der Waals surface area contributed by atoms with E-state index in [-0.39, 0.29) is 31.6 Å². The number of hydrogen-bond donors (Lipinski definition) is 2. The summed E-state index contributed by atoms with van der Waals surface area (Å²) in [5, 5.41) is 5.46. The zero-order chi connectivity index (χ0) is 22.7. The summed E-state index contributed by atoms with van der Waals surface area (Å²) in [4.78, 5) is 41.6. The zero-order valence-electron chi connectivity index (χ0n) is 18.3. The van der Waals surface area contributed by atoms with E-state index in [0.29, 0.717) is 43.3 Å². The number of amides is 3. The normalized spacial score (nSPS) is 23.0. The van der Waals surface area contributed by atoms with E-state index in [1.165, 1.54) is 0 Å². The Morgan fingerprint density at radius 1 is 1.22 bits per heavy atom. The fourth-order valence-corrected chi connectivity index (χ4v) is 4.17. The number of carbonyl (C=O) groups excluding carboxylic acids is 3. The highest BCUT2D eigenvalue weighted by Gasteiger charge is 2.36. The lowest BCUT2D eigenvalue weighted by molar-refractivity contribution is -0.142. The maximum atomic E-state index is 13.1. The first-order chi connectivity index (χ1) is 15.5. The molecule has 0 spiro atoms. The van der Waals surface area contributed by atoms with Gasteiger partial charge in [-0.05, 0) is 26.0 Å². The molecule has 3 aliphatic rings. The van der Waals surface area contributed by atoms with Gasteiger partial charge in [-0.3, -0.25) is 4.79 Å². The number of benzene rings is 1. The Kier molecular flexibility index (Phi) is 6.50. The molecule has 0 aromatic heterocycles. The molecule has 0 radical (unpaired) electrons. The third-order valence-electron chi connectivity index (χ3n) is 5.67. The predicted octanol–water partition coefficient (Wildman–Crippen LogP) is 0.631. The van der Waals surface area contributed by atoms with E-state index in [1.54, 1.807) is 18.7 Å². The Balaban J connectivity index is 1.63. The van der Waals surface area contributed by atoms with Gasteiger partial charge in [0.1, 0.15) is 5.75 Å². The van der Waals surface area contributed by atoms with Gasteiger partial charge >= 0.3 is 12.0 Å². The highest BCUT2D eigenvalue weighted by molar-refractivity contribution is 5.95. The van der Waals surface area contributed by atoms with E-state index in [2.05, 4.69) is 10.6 Å². The van der Waals surface area contributed by atoms with Crippen molar-refractivity contribution in [3.8, 4) is 5.75 Å². The number of esters is 1. The van der Waals surface area contributed by atoms with Crippen LogP contribution in [0.4, 0.5) is 10.5 Å². The SMILES string of the molecule is CCOC(=O)C1=C(CN2C[C@@H](C(=O)N3CCOCC3)Oc3ccccc32)NC(=O)N[C@@H]1C. The highest BCUT2D eigenvalue weighted by atomic mass is 16.5. The van der Waals surface area contributed by atoms with Crippen molar-refractivity contribution < 1.29 is 28.6 Å². The Morgan fingerprint density at radius 3 is 2.72 bits per heavy atom. The van der Waals surface area contributed by atoms with E-state index in [1.807, 2.05) is 29.2 Å². The quantitative estimate of drug-likeness (QED) is 0.641. The van der Waals surface area contributed by atoms with Crippen LogP contribution in [-0.4, -0.2) is 81.0 Å². The average molecular weight is 444 g/mol. The summed E-state index contributed by atoms with van der Waals surface area (Å²) in [5.41, 5.74) is 1.61. The largest absolute Gasteiger partial charge is 0.477 e. The molecule has 1 aromatic carbocycles. The first-order valence-electron chi connectivity index (χ1n) is 10.8. The molecule has 0 aliphatic carbocycles. The third-order valence-corrected chi connectivity index (χ3v) is 5.67. The molecule has 10 nitrogen and oxygen atoms in total. The summed E-state index contributed by atoms with van der Waals surface area (Å²) in [6, 6.07) is 6.54. The molecule has 1 aromatic rings. The number of nitrogens with one attached hydrogen (secondary N) is 2. The molecule has 3 amide bonds. The predicted molar refractivity (Wildman–Crippen MR) is 115 cm³/mol. The van der Waals surface area contributed by atoms with Gasteiger partial charge in [-0.2, -0.15) is 0 Å². The van der Waals surface area contributed by atoms with Gasteiger partial charge in [0.05, 0.1) is 55.9 Å². The molecule has 32 heavy (non-hydrogen) atoms. The van der Waals surface area contributed by atoms with E-state index in [0.717, 1.165) is 5.69 Å². The van der Waals surface area contributed by atoms with Crippen molar-refractivity contribution in [2.75, 3.05) is 50.9 Å². The van der Waals surface area contributed by atoms with Gasteiger partial charge < -0.3 is 34.6 Å². The van der Waals surface area contributed by atoms with Crippen LogP contribution < -0.4 is 20.3 Å². The van der Waals surface area contributed by atoms with E-state index >= 15 is 0 Å². The minimum absolute atomic E-state index is 0.102. The molecule has 172 valence electrons. The topological polar surface area (TPSA) is 109 Å². The molecule has 0 unspecified atom stereocenters. The Labute approximate surface area is 186 Å². The van der Waals surface area contributed by atoms with E-state index in [9.17, 15) is 14.4 Å². The number of morpholine rings is 1. The molecule has 0 saturated carbocycles. The maximum absolute atomic E-state index is 13.1. The first kappa shape index (κ1) is 21.9. The Morgan fingerprint density at radius 2 is 1.97 bits per heavy atom. The first-order valence-corrected chi connectivity index (χ1v) is 10.8. The van der Waals surface area contributed by atoms with E-state index in [4.69, 9.17) is 14.2 Å². The molecule has 10 heteroatoms. The summed E-state index contributed by atoms with van der Waals surface area (Å²) in [6.07, 6.45) is -0.704. The summed E-state index contributed by atoms with van der Waals surface area (Å²) >= 11 is 0. The molecule has 3 heterocycles. The number of carbonyl (C=O) groups is 3. The minimum atomic E-state index is -0.704. The highest BCUT2D eigenvalue weighted by Crippen LogP contribution is 2.34. The fourth-order valence-electron chi connectivity index (χ4n) is 4.17. The molecule has 1 saturated heterocycles. The minimum Gasteiger partial charge on any atom is -0.477 e. The van der Waals surface area contributed by atoms with Gasteiger partial charge in [-0.15, -0.1) is 0 Å². The number of nitrogens with zero attached hydrogens (tertiary/aromatic N) is 2. The summed E-state index contributed by atoms with van der Waals surface area (Å²) in [5.74, 6) is -0.00273. The molecule has 2 N–H and O–H groups in total. The van der Waals surface area contributed by atoms with Gasteiger partial charge in [0.15, 0.2) is 6.10 Å². The lowest BCUT2D eigenvalue weighted by Crippen LogP contribution is -2.55. The molecular weight excluding hydrogens is 416 g/mol. The third kappa shape index (κ3) is 4.50. The summed E-state index contributed by atoms with van der Waals surface area (Å²) in [7, 11) is 0. The van der Waals surface area contributed by atoms with Crippen LogP contribution in [0.3, 0.4) is 0 Å². The van der Waals surface area contributed by atoms with Crippen molar-refractivity contribution in [1.29, 1.82) is 0 Å². The Hall–Kier alpha value is -3.27. The second-order valence-electron chi connectivity index (χ2n) is 7.83. The number of para-hydroxylation sites is 2. The monoisotopic (exact) mass is 444 g/mol. The number of fused-ring (bicyclic) bond motifs is 1. The van der Waals surface area contributed by atoms with Crippen molar-refractivity contribution in [1.82, 2.24) is 15.5 Å². The smallest absolute Gasteiger partial charge is 0.337 e. The summed E-state index contributed by atoms with van der Waals surface area (Å²) in [6.45, 7) is 6.27. The molecule has 4 rings (SSSR count). The maximum Gasteiger partial charge on any atom is 0.337 e. The fraction of sp³-hybridized carbons (Fsp3) is 0.500. The van der Waals surface area contributed by atoms with Gasteiger partial charge in [0.25, 0.3) is 5.91 Å². The van der Waals surface area contributed by atoms with Crippen molar-refractivity contribution >= 4 is 23.6 Å². The summed E-state index contributed by atoms with van der Waals surface area (Å²) < 4.78 is 16.6. The molecule has 1 fully saturated rings. The number of hydrogen-bond acceptors (Lipinski definition) is 7. The van der Waals surface area contributed by atoms with Crippen molar-refractivity contribution in [3.63, 3.8) is 0 Å². The molecule has 0 bridgehead atoms. The van der Waals surface area contributed by atoms with Crippen LogP contribution in [0.1, 0.15) is 13.8 Å².